The molecule has 0 aliphatic heterocycles. The molecule has 0 unspecified atom stereocenters. The maximum Gasteiger partial charge on any atom is 0.573 e. The Bertz CT molecular complexity index is 1650. The minimum Gasteiger partial charge on any atom is -0.489 e. The Labute approximate surface area is 250 Å². The Kier molecular flexibility index (Phi) is 9.49. The fourth-order valence-electron chi connectivity index (χ4n) is 4.15. The first-order chi connectivity index (χ1) is 21.2. The Hall–Kier alpha value is -5.34. The summed E-state index contributed by atoms with van der Waals surface area (Å²) in [5.74, 6) is -2.54. The lowest BCUT2D eigenvalue weighted by atomic mass is 9.95. The van der Waals surface area contributed by atoms with Crippen molar-refractivity contribution in [1.29, 1.82) is 0 Å². The molecule has 0 amide bonds. The van der Waals surface area contributed by atoms with Gasteiger partial charge in [0, 0.05) is 0 Å². The van der Waals surface area contributed by atoms with Crippen LogP contribution in [0.15, 0.2) is 100 Å². The van der Waals surface area contributed by atoms with E-state index in [0.29, 0.717) is 39.1 Å². The van der Waals surface area contributed by atoms with Gasteiger partial charge in [0.05, 0.1) is 5.56 Å². The molecular weight excluding hydrogens is 612 g/mol. The van der Waals surface area contributed by atoms with Crippen LogP contribution < -0.4 is 14.2 Å². The monoisotopic (exact) mass is 633 g/mol. The number of hydrogen-bond donors (Lipinski definition) is 0. The number of aryl methyl sites for hydroxylation is 1. The van der Waals surface area contributed by atoms with Gasteiger partial charge in [-0.1, -0.05) is 24.3 Å². The molecule has 9 nitrogen and oxygen atoms in total. The SMILES string of the molecule is Cc1cc(OCc2cc(-c3ccc(OC(F)(F)F)cc3)cc(-c3ccc(C(F)(F)F)cc3)c2)ccc1OCC(N=O)(N=O)N=O. The predicted octanol–water partition coefficient (Wildman–Crippen LogP) is 9.16. The normalized spacial score (nSPS) is 11.9. The van der Waals surface area contributed by atoms with Crippen molar-refractivity contribution in [2.24, 2.45) is 15.5 Å². The molecule has 0 radical (unpaired) electrons. The van der Waals surface area contributed by atoms with Gasteiger partial charge in [0.25, 0.3) is 0 Å². The zero-order valence-corrected chi connectivity index (χ0v) is 23.1. The number of nitroso groups, excluding NO2 is 3. The molecule has 0 atom stereocenters. The highest BCUT2D eigenvalue weighted by Crippen LogP contribution is 2.34. The van der Waals surface area contributed by atoms with E-state index in [1.165, 1.54) is 36.4 Å². The summed E-state index contributed by atoms with van der Waals surface area (Å²) in [7, 11) is 0. The van der Waals surface area contributed by atoms with Gasteiger partial charge in [-0.25, -0.2) is 0 Å². The number of ether oxygens (including phenoxy) is 3. The maximum atomic E-state index is 13.1. The molecule has 0 aliphatic rings. The van der Waals surface area contributed by atoms with Gasteiger partial charge in [-0.2, -0.15) is 13.2 Å². The Balaban J connectivity index is 1.60. The van der Waals surface area contributed by atoms with Crippen molar-refractivity contribution in [2.45, 2.75) is 31.9 Å². The molecule has 4 aromatic carbocycles. The van der Waals surface area contributed by atoms with E-state index in [-0.39, 0.29) is 12.4 Å². The summed E-state index contributed by atoms with van der Waals surface area (Å²) in [5.41, 5.74) is 2.27. The summed E-state index contributed by atoms with van der Waals surface area (Å²) >= 11 is 0. The smallest absolute Gasteiger partial charge is 0.489 e. The molecule has 45 heavy (non-hydrogen) atoms. The summed E-state index contributed by atoms with van der Waals surface area (Å²) in [4.78, 5) is 32.4. The minimum atomic E-state index is -4.87. The van der Waals surface area contributed by atoms with Crippen molar-refractivity contribution < 1.29 is 40.6 Å². The van der Waals surface area contributed by atoms with Crippen LogP contribution in [0.5, 0.6) is 17.2 Å². The van der Waals surface area contributed by atoms with Crippen molar-refractivity contribution in [2.75, 3.05) is 6.61 Å². The Morgan fingerprint density at radius 2 is 1.16 bits per heavy atom. The van der Waals surface area contributed by atoms with Gasteiger partial charge in [-0.3, -0.25) is 0 Å². The predicted molar refractivity (Wildman–Crippen MR) is 150 cm³/mol. The van der Waals surface area contributed by atoms with Gasteiger partial charge in [0.1, 0.15) is 23.9 Å². The molecule has 0 spiro atoms. The number of benzene rings is 4. The molecule has 0 N–H and O–H groups in total. The van der Waals surface area contributed by atoms with E-state index < -0.39 is 36.2 Å². The molecule has 15 heteroatoms. The van der Waals surface area contributed by atoms with Gasteiger partial charge >= 0.3 is 18.3 Å². The van der Waals surface area contributed by atoms with Crippen molar-refractivity contribution in [3.05, 3.63) is 116 Å². The van der Waals surface area contributed by atoms with Crippen molar-refractivity contribution in [3.8, 4) is 39.5 Å². The fraction of sp³-hybridized carbons (Fsp3) is 0.200. The lowest BCUT2D eigenvalue weighted by Gasteiger charge is -2.15. The van der Waals surface area contributed by atoms with E-state index in [1.54, 1.807) is 31.2 Å². The first-order valence-corrected chi connectivity index (χ1v) is 12.8. The lowest BCUT2D eigenvalue weighted by Crippen LogP contribution is -2.28. The molecule has 234 valence electrons. The van der Waals surface area contributed by atoms with E-state index in [4.69, 9.17) is 9.47 Å². The largest absolute Gasteiger partial charge is 0.573 e. The first kappa shape index (κ1) is 32.6. The topological polar surface area (TPSA) is 116 Å². The first-order valence-electron chi connectivity index (χ1n) is 12.8. The summed E-state index contributed by atoms with van der Waals surface area (Å²) in [6.07, 6.45) is -9.39. The second-order valence-electron chi connectivity index (χ2n) is 9.62. The van der Waals surface area contributed by atoms with Crippen LogP contribution in [0.2, 0.25) is 0 Å². The molecule has 4 rings (SSSR count). The van der Waals surface area contributed by atoms with Crippen LogP contribution >= 0.6 is 0 Å². The highest BCUT2D eigenvalue weighted by molar-refractivity contribution is 5.74. The minimum absolute atomic E-state index is 0.0291. The Morgan fingerprint density at radius 3 is 1.64 bits per heavy atom. The number of nitrogens with zero attached hydrogens (tertiary/aromatic N) is 3. The van der Waals surface area contributed by atoms with E-state index in [1.807, 2.05) is 0 Å². The van der Waals surface area contributed by atoms with Crippen LogP contribution in [0, 0.1) is 21.6 Å². The summed E-state index contributed by atoms with van der Waals surface area (Å²) < 4.78 is 92.3. The summed E-state index contributed by atoms with van der Waals surface area (Å²) in [5, 5.41) is 6.94. The zero-order chi connectivity index (χ0) is 32.8. The molecular formula is C30H21F6N3O6. The molecule has 0 aromatic heterocycles. The van der Waals surface area contributed by atoms with Crippen LogP contribution in [0.4, 0.5) is 26.3 Å². The second-order valence-corrected chi connectivity index (χ2v) is 9.62. The third-order valence-electron chi connectivity index (χ3n) is 6.37. The molecule has 0 bridgehead atoms. The second kappa shape index (κ2) is 13.1. The molecule has 0 fully saturated rings. The average molecular weight is 634 g/mol. The van der Waals surface area contributed by atoms with E-state index >= 15 is 0 Å². The Morgan fingerprint density at radius 1 is 0.622 bits per heavy atom. The van der Waals surface area contributed by atoms with Crippen molar-refractivity contribution in [3.63, 3.8) is 0 Å². The average Bonchev–Trinajstić information content (AvgIpc) is 3.01. The molecule has 4 aromatic rings. The van der Waals surface area contributed by atoms with Gasteiger partial charge in [0.2, 0.25) is 0 Å². The number of halogens is 6. The quantitative estimate of drug-likeness (QED) is 0.113. The van der Waals surface area contributed by atoms with Gasteiger partial charge in [-0.15, -0.1) is 27.9 Å². The maximum absolute atomic E-state index is 13.1. The van der Waals surface area contributed by atoms with Crippen LogP contribution in [-0.2, 0) is 12.8 Å². The van der Waals surface area contributed by atoms with Crippen LogP contribution in [-0.4, -0.2) is 18.8 Å². The van der Waals surface area contributed by atoms with Gasteiger partial charge in [0.15, 0.2) is 6.61 Å². The van der Waals surface area contributed by atoms with Crippen molar-refractivity contribution >= 4 is 0 Å². The van der Waals surface area contributed by atoms with E-state index in [2.05, 4.69) is 20.3 Å². The molecule has 0 aliphatic carbocycles. The number of hydrogen-bond acceptors (Lipinski definition) is 9. The lowest BCUT2D eigenvalue weighted by molar-refractivity contribution is -0.274. The highest BCUT2D eigenvalue weighted by Gasteiger charge is 2.37. The zero-order valence-electron chi connectivity index (χ0n) is 23.1. The van der Waals surface area contributed by atoms with Crippen LogP contribution in [0.25, 0.3) is 22.3 Å². The van der Waals surface area contributed by atoms with E-state index in [9.17, 15) is 41.1 Å². The number of rotatable bonds is 12. The molecule has 0 heterocycles. The van der Waals surface area contributed by atoms with Crippen LogP contribution in [0.3, 0.4) is 0 Å². The van der Waals surface area contributed by atoms with E-state index in [0.717, 1.165) is 24.3 Å². The molecule has 0 saturated carbocycles. The number of alkyl halides is 6. The summed E-state index contributed by atoms with van der Waals surface area (Å²) in [6, 6.07) is 19.2. The highest BCUT2D eigenvalue weighted by atomic mass is 19.4. The molecule has 0 saturated heterocycles. The van der Waals surface area contributed by atoms with Gasteiger partial charge in [-0.05, 0) is 116 Å². The fourth-order valence-corrected chi connectivity index (χ4v) is 4.15. The van der Waals surface area contributed by atoms with Gasteiger partial charge < -0.3 is 14.2 Å². The standard InChI is InChI=1S/C30H21F6N3O6/c1-18-12-26(10-11-27(18)44-17-28(37-40,38-41)39-42)43-16-19-13-22(20-2-6-24(7-3-20)29(31,32)33)15-23(14-19)21-4-8-25(9-5-21)45-30(34,35)36/h2-15H,16-17H2,1H3. The third kappa shape index (κ3) is 8.40. The van der Waals surface area contributed by atoms with Crippen LogP contribution in [0.1, 0.15) is 16.7 Å². The summed E-state index contributed by atoms with van der Waals surface area (Å²) in [6.45, 7) is 0.780. The van der Waals surface area contributed by atoms with Crippen molar-refractivity contribution in [1.82, 2.24) is 0 Å². The third-order valence-corrected chi connectivity index (χ3v) is 6.37.